The van der Waals surface area contributed by atoms with E-state index in [-0.39, 0.29) is 5.41 Å². The average molecular weight is 301 g/mol. The molecule has 0 unspecified atom stereocenters. The fourth-order valence-electron chi connectivity index (χ4n) is 2.43. The molecule has 0 saturated heterocycles. The van der Waals surface area contributed by atoms with Crippen molar-refractivity contribution >= 4 is 22.9 Å². The summed E-state index contributed by atoms with van der Waals surface area (Å²) >= 11 is 6.32. The molecule has 0 amide bonds. The van der Waals surface area contributed by atoms with E-state index in [1.807, 2.05) is 34.9 Å². The average Bonchev–Trinajstić information content (AvgIpc) is 2.80. The normalized spacial score (nSPS) is 12.0. The summed E-state index contributed by atoms with van der Waals surface area (Å²) in [5, 5.41) is 0.654. The van der Waals surface area contributed by atoms with Gasteiger partial charge < -0.3 is 5.73 Å². The quantitative estimate of drug-likeness (QED) is 0.741. The Labute approximate surface area is 128 Å². The van der Waals surface area contributed by atoms with Crippen LogP contribution in [0.1, 0.15) is 26.6 Å². The predicted molar refractivity (Wildman–Crippen MR) is 86.5 cm³/mol. The number of hydrogen-bond acceptors (Lipinski definition) is 3. The van der Waals surface area contributed by atoms with Crippen molar-refractivity contribution in [2.45, 2.75) is 26.2 Å². The molecule has 108 valence electrons. The van der Waals surface area contributed by atoms with E-state index in [0.29, 0.717) is 10.8 Å². The Hall–Kier alpha value is -2.07. The van der Waals surface area contributed by atoms with E-state index in [9.17, 15) is 0 Å². The molecule has 0 fully saturated rings. The van der Waals surface area contributed by atoms with Gasteiger partial charge in [0.2, 0.25) is 0 Å². The number of fused-ring (bicyclic) bond motifs is 1. The third-order valence-electron chi connectivity index (χ3n) is 3.38. The number of aromatic nitrogens is 3. The summed E-state index contributed by atoms with van der Waals surface area (Å²) in [6.45, 7) is 6.36. The van der Waals surface area contributed by atoms with Crippen LogP contribution >= 0.6 is 11.6 Å². The Morgan fingerprint density at radius 2 is 1.90 bits per heavy atom. The van der Waals surface area contributed by atoms with Gasteiger partial charge in [0.25, 0.3) is 0 Å². The van der Waals surface area contributed by atoms with Crippen LogP contribution in [0.3, 0.4) is 0 Å². The molecule has 0 spiro atoms. The maximum atomic E-state index is 6.32. The summed E-state index contributed by atoms with van der Waals surface area (Å²) in [5.41, 5.74) is 8.41. The summed E-state index contributed by atoms with van der Waals surface area (Å²) in [7, 11) is 0. The number of hydrogen-bond donors (Lipinski definition) is 1. The minimum atomic E-state index is -0.115. The summed E-state index contributed by atoms with van der Waals surface area (Å²) in [4.78, 5) is 9.00. The van der Waals surface area contributed by atoms with Gasteiger partial charge >= 0.3 is 0 Å². The van der Waals surface area contributed by atoms with Gasteiger partial charge in [0.1, 0.15) is 22.9 Å². The van der Waals surface area contributed by atoms with Crippen LogP contribution in [0.4, 0.5) is 5.82 Å². The van der Waals surface area contributed by atoms with Gasteiger partial charge in [0.15, 0.2) is 0 Å². The molecule has 0 aliphatic carbocycles. The van der Waals surface area contributed by atoms with E-state index < -0.39 is 0 Å². The highest BCUT2D eigenvalue weighted by Crippen LogP contribution is 2.35. The molecule has 5 heteroatoms. The summed E-state index contributed by atoms with van der Waals surface area (Å²) in [6, 6.07) is 7.64. The Morgan fingerprint density at radius 3 is 2.57 bits per heavy atom. The van der Waals surface area contributed by atoms with Gasteiger partial charge in [-0.05, 0) is 6.07 Å². The molecule has 21 heavy (non-hydrogen) atoms. The Kier molecular flexibility index (Phi) is 3.14. The second kappa shape index (κ2) is 4.74. The zero-order valence-corrected chi connectivity index (χ0v) is 13.0. The molecular weight excluding hydrogens is 284 g/mol. The maximum absolute atomic E-state index is 6.32. The van der Waals surface area contributed by atoms with Crippen LogP contribution in [0, 0.1) is 0 Å². The second-order valence-electron chi connectivity index (χ2n) is 6.04. The molecule has 4 nitrogen and oxygen atoms in total. The topological polar surface area (TPSA) is 56.2 Å². The van der Waals surface area contributed by atoms with E-state index in [4.69, 9.17) is 22.3 Å². The first-order chi connectivity index (χ1) is 9.89. The largest absolute Gasteiger partial charge is 0.382 e. The molecule has 0 radical (unpaired) electrons. The lowest BCUT2D eigenvalue weighted by molar-refractivity contribution is 0.543. The molecule has 2 aromatic heterocycles. The number of nitrogens with zero attached hydrogens (tertiary/aromatic N) is 3. The predicted octanol–water partition coefficient (Wildman–Crippen LogP) is 3.93. The van der Waals surface area contributed by atoms with Crippen molar-refractivity contribution in [1.29, 1.82) is 0 Å². The number of nitrogen functional groups attached to an aromatic ring is 1. The molecule has 0 saturated carbocycles. The van der Waals surface area contributed by atoms with E-state index in [1.165, 1.54) is 0 Å². The molecule has 2 N–H and O–H groups in total. The Morgan fingerprint density at radius 1 is 1.19 bits per heavy atom. The standard InChI is InChI=1S/C16H17ClN4/c1-16(2,3)15-20-12(10-6-4-5-7-11(10)17)13-14(18)19-8-9-21(13)15/h4-9H,1-3H3,(H2,18,19). The Bertz CT molecular complexity index is 815. The van der Waals surface area contributed by atoms with Crippen molar-refractivity contribution in [3.05, 3.63) is 47.5 Å². The third-order valence-corrected chi connectivity index (χ3v) is 3.71. The molecule has 1 aromatic carbocycles. The third kappa shape index (κ3) is 2.25. The molecular formula is C16H17ClN4. The van der Waals surface area contributed by atoms with E-state index >= 15 is 0 Å². The minimum Gasteiger partial charge on any atom is -0.382 e. The summed E-state index contributed by atoms with van der Waals surface area (Å²) in [6.07, 6.45) is 3.58. The van der Waals surface area contributed by atoms with E-state index in [1.54, 1.807) is 6.20 Å². The van der Waals surface area contributed by atoms with Crippen molar-refractivity contribution in [3.8, 4) is 11.3 Å². The van der Waals surface area contributed by atoms with Crippen molar-refractivity contribution < 1.29 is 0 Å². The van der Waals surface area contributed by atoms with Crippen molar-refractivity contribution in [2.75, 3.05) is 5.73 Å². The molecule has 0 bridgehead atoms. The maximum Gasteiger partial charge on any atom is 0.150 e. The van der Waals surface area contributed by atoms with Gasteiger partial charge in [-0.1, -0.05) is 50.6 Å². The fourth-order valence-corrected chi connectivity index (χ4v) is 2.66. The molecule has 0 atom stereocenters. The molecule has 2 heterocycles. The highest BCUT2D eigenvalue weighted by molar-refractivity contribution is 6.33. The van der Waals surface area contributed by atoms with Crippen LogP contribution in [0.2, 0.25) is 5.02 Å². The first-order valence-corrected chi connectivity index (χ1v) is 7.15. The molecule has 0 aliphatic heterocycles. The SMILES string of the molecule is CC(C)(C)c1nc(-c2ccccc2Cl)c2c(N)nccn12. The lowest BCUT2D eigenvalue weighted by Gasteiger charge is -2.16. The van der Waals surface area contributed by atoms with Crippen molar-refractivity contribution in [2.24, 2.45) is 0 Å². The Balaban J connectivity index is 2.42. The molecule has 3 rings (SSSR count). The monoisotopic (exact) mass is 300 g/mol. The van der Waals surface area contributed by atoms with Gasteiger partial charge in [-0.3, -0.25) is 4.40 Å². The minimum absolute atomic E-state index is 0.115. The number of imidazole rings is 1. The van der Waals surface area contributed by atoms with Crippen molar-refractivity contribution in [1.82, 2.24) is 14.4 Å². The number of halogens is 1. The van der Waals surface area contributed by atoms with Crippen LogP contribution in [0.5, 0.6) is 0 Å². The van der Waals surface area contributed by atoms with Gasteiger partial charge in [-0.25, -0.2) is 9.97 Å². The van der Waals surface area contributed by atoms with Crippen molar-refractivity contribution in [3.63, 3.8) is 0 Å². The number of nitrogens with two attached hydrogens (primary N) is 1. The highest BCUT2D eigenvalue weighted by Gasteiger charge is 2.25. The van der Waals surface area contributed by atoms with E-state index in [0.717, 1.165) is 22.6 Å². The first-order valence-electron chi connectivity index (χ1n) is 6.77. The highest BCUT2D eigenvalue weighted by atomic mass is 35.5. The van der Waals surface area contributed by atoms with Crippen LogP contribution in [-0.4, -0.2) is 14.4 Å². The van der Waals surface area contributed by atoms with Crippen LogP contribution in [0.25, 0.3) is 16.8 Å². The second-order valence-corrected chi connectivity index (χ2v) is 6.45. The summed E-state index contributed by atoms with van der Waals surface area (Å²) in [5.74, 6) is 1.39. The fraction of sp³-hybridized carbons (Fsp3) is 0.250. The van der Waals surface area contributed by atoms with Crippen LogP contribution < -0.4 is 5.73 Å². The number of rotatable bonds is 1. The van der Waals surface area contributed by atoms with Crippen LogP contribution in [-0.2, 0) is 5.41 Å². The molecule has 3 aromatic rings. The molecule has 0 aliphatic rings. The lowest BCUT2D eigenvalue weighted by atomic mass is 9.96. The van der Waals surface area contributed by atoms with Gasteiger partial charge in [0.05, 0.1) is 5.02 Å². The first kappa shape index (κ1) is 13.9. The van der Waals surface area contributed by atoms with Gasteiger partial charge in [-0.2, -0.15) is 0 Å². The van der Waals surface area contributed by atoms with Crippen LogP contribution in [0.15, 0.2) is 36.7 Å². The number of benzene rings is 1. The zero-order valence-electron chi connectivity index (χ0n) is 12.3. The number of anilines is 1. The smallest absolute Gasteiger partial charge is 0.150 e. The summed E-state index contributed by atoms with van der Waals surface area (Å²) < 4.78 is 2.00. The lowest BCUT2D eigenvalue weighted by Crippen LogP contribution is -2.16. The van der Waals surface area contributed by atoms with Gasteiger partial charge in [0, 0.05) is 23.4 Å². The van der Waals surface area contributed by atoms with E-state index in [2.05, 4.69) is 25.8 Å². The zero-order chi connectivity index (χ0) is 15.2. The van der Waals surface area contributed by atoms with Gasteiger partial charge in [-0.15, -0.1) is 0 Å².